The summed E-state index contributed by atoms with van der Waals surface area (Å²) in [5.41, 5.74) is 7.07. The molecule has 0 aliphatic heterocycles. The molecular weight excluding hydrogens is 382 g/mol. The van der Waals surface area contributed by atoms with E-state index in [4.69, 9.17) is 17.3 Å². The van der Waals surface area contributed by atoms with Gasteiger partial charge in [0.15, 0.2) is 0 Å². The number of hydrogen-bond donors (Lipinski definition) is 2. The van der Waals surface area contributed by atoms with E-state index >= 15 is 0 Å². The van der Waals surface area contributed by atoms with Crippen LogP contribution in [-0.2, 0) is 6.54 Å². The minimum absolute atomic E-state index is 0.154. The molecule has 0 atom stereocenters. The van der Waals surface area contributed by atoms with Crippen LogP contribution >= 0.6 is 27.5 Å². The van der Waals surface area contributed by atoms with Gasteiger partial charge in [0.05, 0.1) is 40.8 Å². The van der Waals surface area contributed by atoms with Crippen molar-refractivity contribution in [3.63, 3.8) is 0 Å². The molecule has 0 amide bonds. The third kappa shape index (κ3) is 3.31. The average Bonchev–Trinajstić information content (AvgIpc) is 2.77. The van der Waals surface area contributed by atoms with Crippen LogP contribution in [0.4, 0.5) is 5.95 Å². The average molecular weight is 397 g/mol. The van der Waals surface area contributed by atoms with Crippen molar-refractivity contribution in [1.29, 1.82) is 0 Å². The van der Waals surface area contributed by atoms with Gasteiger partial charge in [-0.1, -0.05) is 11.6 Å². The highest BCUT2D eigenvalue weighted by molar-refractivity contribution is 9.10. The second-order valence-electron chi connectivity index (χ2n) is 5.93. The van der Waals surface area contributed by atoms with Gasteiger partial charge in [-0.3, -0.25) is 0 Å². The lowest BCUT2D eigenvalue weighted by Gasteiger charge is -2.18. The van der Waals surface area contributed by atoms with Gasteiger partial charge in [-0.25, -0.2) is 15.0 Å². The number of aliphatic hydroxyl groups is 1. The van der Waals surface area contributed by atoms with Crippen molar-refractivity contribution in [1.82, 2.24) is 19.5 Å². The first-order chi connectivity index (χ1) is 10.7. The van der Waals surface area contributed by atoms with Crippen molar-refractivity contribution in [2.24, 2.45) is 0 Å². The third-order valence-corrected chi connectivity index (χ3v) is 4.02. The summed E-state index contributed by atoms with van der Waals surface area (Å²) in [4.78, 5) is 12.4. The molecule has 0 unspecified atom stereocenters. The molecule has 0 aliphatic carbocycles. The summed E-state index contributed by atoms with van der Waals surface area (Å²) in [5, 5.41) is 11.5. The van der Waals surface area contributed by atoms with E-state index in [1.807, 2.05) is 16.8 Å². The van der Waals surface area contributed by atoms with Crippen LogP contribution < -0.4 is 5.73 Å². The topological polar surface area (TPSA) is 89.8 Å². The summed E-state index contributed by atoms with van der Waals surface area (Å²) in [5.74, 6) is 0.154. The van der Waals surface area contributed by atoms with E-state index in [2.05, 4.69) is 30.9 Å². The van der Waals surface area contributed by atoms with E-state index in [0.29, 0.717) is 21.9 Å². The molecule has 8 heteroatoms. The Hall–Kier alpha value is -1.70. The van der Waals surface area contributed by atoms with Gasteiger partial charge in [0, 0.05) is 17.1 Å². The Kier molecular flexibility index (Phi) is 4.03. The Morgan fingerprint density at radius 1 is 1.35 bits per heavy atom. The normalized spacial score (nSPS) is 12.0. The molecule has 0 spiro atoms. The first-order valence-corrected chi connectivity index (χ1v) is 8.07. The molecule has 3 aromatic rings. The molecule has 0 radical (unpaired) electrons. The number of hydrogen-bond acceptors (Lipinski definition) is 5. The predicted molar refractivity (Wildman–Crippen MR) is 94.2 cm³/mol. The molecule has 0 bridgehead atoms. The van der Waals surface area contributed by atoms with Crippen molar-refractivity contribution in [2.45, 2.75) is 26.0 Å². The van der Waals surface area contributed by atoms with Gasteiger partial charge in [0.2, 0.25) is 5.95 Å². The molecule has 0 aliphatic rings. The fourth-order valence-electron chi connectivity index (χ4n) is 2.47. The Bertz CT molecular complexity index is 887. The molecule has 0 saturated heterocycles. The molecular formula is C15H15BrClN5O. The number of pyridine rings is 1. The molecule has 3 N–H and O–H groups in total. The first kappa shape index (κ1) is 16.2. The standard InChI is InChI=1S/C15H15BrClN5O/c1-15(2,23)7-22-6-9(8-3-12(16)19-5-11(8)22)13-10(17)4-20-14(18)21-13/h3-6,23H,7H2,1-2H3,(H2,18,20,21). The number of halogens is 2. The maximum atomic E-state index is 10.1. The maximum Gasteiger partial charge on any atom is 0.220 e. The van der Waals surface area contributed by atoms with Gasteiger partial charge in [-0.15, -0.1) is 0 Å². The number of rotatable bonds is 3. The molecule has 23 heavy (non-hydrogen) atoms. The van der Waals surface area contributed by atoms with Crippen LogP contribution in [0.5, 0.6) is 0 Å². The molecule has 0 aromatic carbocycles. The van der Waals surface area contributed by atoms with Gasteiger partial charge in [0.25, 0.3) is 0 Å². The lowest BCUT2D eigenvalue weighted by molar-refractivity contribution is 0.0628. The van der Waals surface area contributed by atoms with Crippen LogP contribution in [0, 0.1) is 0 Å². The Morgan fingerprint density at radius 3 is 2.78 bits per heavy atom. The zero-order valence-electron chi connectivity index (χ0n) is 12.6. The summed E-state index contributed by atoms with van der Waals surface area (Å²) in [7, 11) is 0. The van der Waals surface area contributed by atoms with Gasteiger partial charge >= 0.3 is 0 Å². The van der Waals surface area contributed by atoms with Crippen molar-refractivity contribution in [2.75, 3.05) is 5.73 Å². The minimum atomic E-state index is -0.870. The van der Waals surface area contributed by atoms with Crippen molar-refractivity contribution in [3.05, 3.63) is 34.3 Å². The number of nitrogen functional groups attached to an aromatic ring is 1. The molecule has 3 heterocycles. The molecule has 3 aromatic heterocycles. The number of aromatic nitrogens is 4. The van der Waals surface area contributed by atoms with Crippen molar-refractivity contribution < 1.29 is 5.11 Å². The maximum absolute atomic E-state index is 10.1. The van der Waals surface area contributed by atoms with Crippen LogP contribution in [0.1, 0.15) is 13.8 Å². The van der Waals surface area contributed by atoms with Crippen LogP contribution in [0.3, 0.4) is 0 Å². The fourth-order valence-corrected chi connectivity index (χ4v) is 2.99. The summed E-state index contributed by atoms with van der Waals surface area (Å²) >= 11 is 9.63. The largest absolute Gasteiger partial charge is 0.389 e. The highest BCUT2D eigenvalue weighted by Crippen LogP contribution is 2.35. The van der Waals surface area contributed by atoms with E-state index in [1.165, 1.54) is 6.20 Å². The second-order valence-corrected chi connectivity index (χ2v) is 7.15. The van der Waals surface area contributed by atoms with Gasteiger partial charge < -0.3 is 15.4 Å². The van der Waals surface area contributed by atoms with Gasteiger partial charge in [0.1, 0.15) is 4.60 Å². The van der Waals surface area contributed by atoms with E-state index < -0.39 is 5.60 Å². The number of nitrogens with zero attached hydrogens (tertiary/aromatic N) is 4. The third-order valence-electron chi connectivity index (χ3n) is 3.31. The Morgan fingerprint density at radius 2 is 2.09 bits per heavy atom. The molecule has 120 valence electrons. The summed E-state index contributed by atoms with van der Waals surface area (Å²) in [6.45, 7) is 3.91. The smallest absolute Gasteiger partial charge is 0.220 e. The minimum Gasteiger partial charge on any atom is -0.389 e. The summed E-state index contributed by atoms with van der Waals surface area (Å²) in [6, 6.07) is 1.89. The Balaban J connectivity index is 2.28. The molecule has 0 fully saturated rings. The molecule has 6 nitrogen and oxygen atoms in total. The summed E-state index contributed by atoms with van der Waals surface area (Å²) < 4.78 is 2.63. The lowest BCUT2D eigenvalue weighted by Crippen LogP contribution is -2.25. The van der Waals surface area contributed by atoms with E-state index in [9.17, 15) is 5.11 Å². The van der Waals surface area contributed by atoms with Crippen LogP contribution in [0.2, 0.25) is 5.02 Å². The SMILES string of the molecule is CC(C)(O)Cn1cc(-c2nc(N)ncc2Cl)c2cc(Br)ncc21. The monoisotopic (exact) mass is 395 g/mol. The predicted octanol–water partition coefficient (Wildman–Crippen LogP) is 3.26. The lowest BCUT2D eigenvalue weighted by atomic mass is 10.1. The second kappa shape index (κ2) is 5.74. The van der Waals surface area contributed by atoms with E-state index in [1.54, 1.807) is 20.0 Å². The number of nitrogens with two attached hydrogens (primary N) is 1. The van der Waals surface area contributed by atoms with Crippen LogP contribution in [0.25, 0.3) is 22.2 Å². The van der Waals surface area contributed by atoms with E-state index in [-0.39, 0.29) is 5.95 Å². The molecule has 0 saturated carbocycles. The van der Waals surface area contributed by atoms with E-state index in [0.717, 1.165) is 16.5 Å². The zero-order chi connectivity index (χ0) is 16.8. The van der Waals surface area contributed by atoms with Crippen molar-refractivity contribution >= 4 is 44.4 Å². The first-order valence-electron chi connectivity index (χ1n) is 6.90. The summed E-state index contributed by atoms with van der Waals surface area (Å²) in [6.07, 6.45) is 5.12. The number of fused-ring (bicyclic) bond motifs is 1. The van der Waals surface area contributed by atoms with Crippen molar-refractivity contribution in [3.8, 4) is 11.3 Å². The quantitative estimate of drug-likeness (QED) is 0.663. The highest BCUT2D eigenvalue weighted by Gasteiger charge is 2.20. The van der Waals surface area contributed by atoms with Gasteiger partial charge in [-0.2, -0.15) is 0 Å². The van der Waals surface area contributed by atoms with Crippen LogP contribution in [-0.4, -0.2) is 30.2 Å². The molecule has 3 rings (SSSR count). The highest BCUT2D eigenvalue weighted by atomic mass is 79.9. The van der Waals surface area contributed by atoms with Crippen LogP contribution in [0.15, 0.2) is 29.3 Å². The van der Waals surface area contributed by atoms with Gasteiger partial charge in [-0.05, 0) is 35.8 Å². The Labute approximate surface area is 146 Å². The zero-order valence-corrected chi connectivity index (χ0v) is 14.9. The fraction of sp³-hybridized carbons (Fsp3) is 0.267. The number of anilines is 1.